The molecule has 0 spiro atoms. The lowest BCUT2D eigenvalue weighted by Crippen LogP contribution is -2.23. The maximum absolute atomic E-state index is 13.2. The molecule has 1 aliphatic rings. The molecular formula is C27H30N2O. The lowest BCUT2D eigenvalue weighted by atomic mass is 10.0. The summed E-state index contributed by atoms with van der Waals surface area (Å²) < 4.78 is 0. The largest absolute Gasteiger partial charge is 0.292 e. The lowest BCUT2D eigenvalue weighted by molar-refractivity contribution is 0.104. The summed E-state index contributed by atoms with van der Waals surface area (Å²) in [7, 11) is 0. The van der Waals surface area contributed by atoms with E-state index >= 15 is 0 Å². The molecule has 0 aliphatic heterocycles. The van der Waals surface area contributed by atoms with Crippen LogP contribution in [0.25, 0.3) is 11.1 Å². The molecule has 0 aromatic heterocycles. The fourth-order valence-electron chi connectivity index (χ4n) is 4.02. The van der Waals surface area contributed by atoms with Crippen molar-refractivity contribution in [2.45, 2.75) is 13.1 Å². The summed E-state index contributed by atoms with van der Waals surface area (Å²) in [4.78, 5) is 17.6. The first kappa shape index (κ1) is 21.7. The van der Waals surface area contributed by atoms with Gasteiger partial charge in [-0.2, -0.15) is 0 Å². The molecule has 2 aromatic rings. The second-order valence-corrected chi connectivity index (χ2v) is 7.63. The first-order valence-corrected chi connectivity index (χ1v) is 10.3. The van der Waals surface area contributed by atoms with Crippen molar-refractivity contribution in [3.05, 3.63) is 109 Å². The maximum Gasteiger partial charge on any atom is 0.194 e. The predicted octanol–water partition coefficient (Wildman–Crippen LogP) is 5.25. The minimum absolute atomic E-state index is 0.113. The Balaban J connectivity index is 1.83. The van der Waals surface area contributed by atoms with E-state index in [0.29, 0.717) is 0 Å². The van der Waals surface area contributed by atoms with Crippen LogP contribution in [-0.4, -0.2) is 41.8 Å². The highest BCUT2D eigenvalue weighted by Gasteiger charge is 2.27. The molecule has 3 heteroatoms. The van der Waals surface area contributed by atoms with Gasteiger partial charge in [0.25, 0.3) is 0 Å². The normalized spacial score (nSPS) is 12.0. The van der Waals surface area contributed by atoms with Crippen molar-refractivity contribution in [3.63, 3.8) is 0 Å². The highest BCUT2D eigenvalue weighted by Crippen LogP contribution is 2.37. The fourth-order valence-corrected chi connectivity index (χ4v) is 4.02. The van der Waals surface area contributed by atoms with Crippen LogP contribution in [0.15, 0.2) is 87.0 Å². The monoisotopic (exact) mass is 398 g/mol. The summed E-state index contributed by atoms with van der Waals surface area (Å²) in [6.07, 6.45) is 7.56. The van der Waals surface area contributed by atoms with Crippen LogP contribution in [0, 0.1) is 0 Å². The van der Waals surface area contributed by atoms with E-state index in [9.17, 15) is 4.79 Å². The molecule has 0 saturated carbocycles. The number of carbonyl (C=O) groups is 1. The Kier molecular flexibility index (Phi) is 7.34. The highest BCUT2D eigenvalue weighted by atomic mass is 16.1. The van der Waals surface area contributed by atoms with E-state index < -0.39 is 0 Å². The van der Waals surface area contributed by atoms with E-state index in [0.717, 1.165) is 72.6 Å². The van der Waals surface area contributed by atoms with Gasteiger partial charge in [-0.15, -0.1) is 26.3 Å². The van der Waals surface area contributed by atoms with Crippen molar-refractivity contribution in [2.24, 2.45) is 0 Å². The van der Waals surface area contributed by atoms with E-state index in [1.165, 1.54) is 0 Å². The van der Waals surface area contributed by atoms with Gasteiger partial charge in [-0.05, 0) is 34.4 Å². The summed E-state index contributed by atoms with van der Waals surface area (Å²) in [6, 6.07) is 12.5. The zero-order valence-electron chi connectivity index (χ0n) is 17.6. The molecule has 0 heterocycles. The van der Waals surface area contributed by atoms with E-state index in [4.69, 9.17) is 0 Å². The first-order chi connectivity index (χ1) is 14.6. The van der Waals surface area contributed by atoms with E-state index in [1.807, 2.05) is 36.4 Å². The molecule has 30 heavy (non-hydrogen) atoms. The molecule has 154 valence electrons. The van der Waals surface area contributed by atoms with Crippen molar-refractivity contribution in [2.75, 3.05) is 26.2 Å². The van der Waals surface area contributed by atoms with Crippen LogP contribution in [0.4, 0.5) is 0 Å². The number of ketones is 1. The van der Waals surface area contributed by atoms with Gasteiger partial charge in [0.15, 0.2) is 5.78 Å². The molecule has 0 N–H and O–H groups in total. The molecular weight excluding hydrogens is 368 g/mol. The van der Waals surface area contributed by atoms with Gasteiger partial charge in [0.1, 0.15) is 0 Å². The Morgan fingerprint density at radius 1 is 0.600 bits per heavy atom. The number of benzene rings is 2. The standard InChI is InChI=1S/C27H30N2O/c1-5-13-28(14-6-2)19-21-9-11-23-24-12-10-22(20-29(15-7-3)16-8-4)18-26(24)27(30)25(23)17-21/h5-12,17-18H,1-4,13-16,19-20H2. The highest BCUT2D eigenvalue weighted by molar-refractivity contribution is 6.21. The SMILES string of the molecule is C=CCN(CC=C)Cc1ccc2c(c1)C(=O)c1cc(CN(CC=C)CC=C)ccc1-2. The third kappa shape index (κ3) is 4.76. The zero-order chi connectivity index (χ0) is 21.5. The van der Waals surface area contributed by atoms with Crippen LogP contribution in [0.5, 0.6) is 0 Å². The molecule has 0 amide bonds. The van der Waals surface area contributed by atoms with Gasteiger partial charge in [0.05, 0.1) is 0 Å². The van der Waals surface area contributed by atoms with Crippen LogP contribution in [0.3, 0.4) is 0 Å². The summed E-state index contributed by atoms with van der Waals surface area (Å²) >= 11 is 0. The van der Waals surface area contributed by atoms with E-state index in [2.05, 4.69) is 60.4 Å². The first-order valence-electron chi connectivity index (χ1n) is 10.3. The average Bonchev–Trinajstić information content (AvgIpc) is 3.00. The predicted molar refractivity (Wildman–Crippen MR) is 127 cm³/mol. The van der Waals surface area contributed by atoms with Crippen molar-refractivity contribution in [1.29, 1.82) is 0 Å². The third-order valence-corrected chi connectivity index (χ3v) is 5.31. The quantitative estimate of drug-likeness (QED) is 0.390. The van der Waals surface area contributed by atoms with Crippen molar-refractivity contribution in [3.8, 4) is 11.1 Å². The molecule has 0 unspecified atom stereocenters. The Morgan fingerprint density at radius 2 is 0.967 bits per heavy atom. The Bertz CT molecular complexity index is 875. The van der Waals surface area contributed by atoms with Crippen LogP contribution < -0.4 is 0 Å². The average molecular weight is 399 g/mol. The molecule has 0 radical (unpaired) electrons. The fraction of sp³-hybridized carbons (Fsp3) is 0.222. The summed E-state index contributed by atoms with van der Waals surface area (Å²) in [5.41, 5.74) is 5.90. The van der Waals surface area contributed by atoms with Gasteiger partial charge < -0.3 is 0 Å². The Hall–Kier alpha value is -3.01. The molecule has 0 fully saturated rings. The van der Waals surface area contributed by atoms with E-state index in [1.54, 1.807) is 0 Å². The molecule has 1 aliphatic carbocycles. The van der Waals surface area contributed by atoms with Gasteiger partial charge in [0, 0.05) is 50.4 Å². The summed E-state index contributed by atoms with van der Waals surface area (Å²) in [6.45, 7) is 20.0. The number of fused-ring (bicyclic) bond motifs is 3. The number of hydrogen-bond donors (Lipinski definition) is 0. The summed E-state index contributed by atoms with van der Waals surface area (Å²) in [5.74, 6) is 0.113. The van der Waals surface area contributed by atoms with Crippen LogP contribution >= 0.6 is 0 Å². The zero-order valence-corrected chi connectivity index (χ0v) is 17.6. The molecule has 0 atom stereocenters. The smallest absolute Gasteiger partial charge is 0.194 e. The minimum Gasteiger partial charge on any atom is -0.292 e. The lowest BCUT2D eigenvalue weighted by Gasteiger charge is -2.19. The van der Waals surface area contributed by atoms with Crippen LogP contribution in [0.2, 0.25) is 0 Å². The van der Waals surface area contributed by atoms with E-state index in [-0.39, 0.29) is 5.78 Å². The Morgan fingerprint density at radius 3 is 1.30 bits per heavy atom. The van der Waals surface area contributed by atoms with Crippen molar-refractivity contribution >= 4 is 5.78 Å². The third-order valence-electron chi connectivity index (χ3n) is 5.31. The number of carbonyl (C=O) groups excluding carboxylic acids is 1. The van der Waals surface area contributed by atoms with Crippen molar-refractivity contribution < 1.29 is 4.79 Å². The summed E-state index contributed by atoms with van der Waals surface area (Å²) in [5, 5.41) is 0. The second-order valence-electron chi connectivity index (χ2n) is 7.63. The molecule has 0 bridgehead atoms. The Labute approximate surface area is 180 Å². The molecule has 3 rings (SSSR count). The number of hydrogen-bond acceptors (Lipinski definition) is 3. The molecule has 3 nitrogen and oxygen atoms in total. The van der Waals surface area contributed by atoms with Gasteiger partial charge in [0.2, 0.25) is 0 Å². The minimum atomic E-state index is 0.113. The maximum atomic E-state index is 13.2. The van der Waals surface area contributed by atoms with Gasteiger partial charge in [-0.1, -0.05) is 48.6 Å². The molecule has 2 aromatic carbocycles. The number of nitrogens with zero attached hydrogens (tertiary/aromatic N) is 2. The second kappa shape index (κ2) is 10.1. The number of rotatable bonds is 12. The van der Waals surface area contributed by atoms with Crippen LogP contribution in [-0.2, 0) is 13.1 Å². The van der Waals surface area contributed by atoms with Crippen molar-refractivity contribution in [1.82, 2.24) is 9.80 Å². The van der Waals surface area contributed by atoms with Crippen LogP contribution in [0.1, 0.15) is 27.0 Å². The molecule has 0 saturated heterocycles. The van der Waals surface area contributed by atoms with Gasteiger partial charge in [-0.3, -0.25) is 14.6 Å². The van der Waals surface area contributed by atoms with Gasteiger partial charge >= 0.3 is 0 Å². The topological polar surface area (TPSA) is 23.6 Å². The van der Waals surface area contributed by atoms with Gasteiger partial charge in [-0.25, -0.2) is 0 Å².